The zero-order valence-electron chi connectivity index (χ0n) is 10.5. The smallest absolute Gasteiger partial charge is 0.313 e. The standard InChI is InChI=1S/C16H13NO2/c1-18-16-14(12-8-4-2-5-9-12)17-15(19-16)13-10-6-3-7-11-13/h2-11H,1H3. The van der Waals surface area contributed by atoms with Crippen LogP contribution in [-0.4, -0.2) is 12.1 Å². The molecule has 3 nitrogen and oxygen atoms in total. The van der Waals surface area contributed by atoms with Gasteiger partial charge in [-0.3, -0.25) is 0 Å². The van der Waals surface area contributed by atoms with E-state index in [4.69, 9.17) is 9.15 Å². The molecular formula is C16H13NO2. The number of ether oxygens (including phenoxy) is 1. The molecule has 0 bridgehead atoms. The number of hydrogen-bond acceptors (Lipinski definition) is 3. The van der Waals surface area contributed by atoms with Gasteiger partial charge in [0.05, 0.1) is 7.11 Å². The maximum absolute atomic E-state index is 5.67. The lowest BCUT2D eigenvalue weighted by Crippen LogP contribution is -1.84. The summed E-state index contributed by atoms with van der Waals surface area (Å²) >= 11 is 0. The summed E-state index contributed by atoms with van der Waals surface area (Å²) in [5.74, 6) is 1.00. The highest BCUT2D eigenvalue weighted by Gasteiger charge is 2.16. The summed E-state index contributed by atoms with van der Waals surface area (Å²) in [6, 6.07) is 19.6. The van der Waals surface area contributed by atoms with E-state index in [1.165, 1.54) is 0 Å². The van der Waals surface area contributed by atoms with Crippen molar-refractivity contribution >= 4 is 0 Å². The molecule has 0 aliphatic heterocycles. The quantitative estimate of drug-likeness (QED) is 0.705. The second kappa shape index (κ2) is 4.98. The molecule has 0 N–H and O–H groups in total. The number of aromatic nitrogens is 1. The Bertz CT molecular complexity index is 660. The molecule has 0 radical (unpaired) electrons. The van der Waals surface area contributed by atoms with Crippen LogP contribution in [0.5, 0.6) is 5.95 Å². The Labute approximate surface area is 111 Å². The lowest BCUT2D eigenvalue weighted by atomic mass is 10.2. The van der Waals surface area contributed by atoms with Gasteiger partial charge in [-0.2, -0.15) is 0 Å². The summed E-state index contributed by atoms with van der Waals surface area (Å²) < 4.78 is 10.9. The molecular weight excluding hydrogens is 238 g/mol. The van der Waals surface area contributed by atoms with Crippen LogP contribution in [0, 0.1) is 0 Å². The van der Waals surface area contributed by atoms with Gasteiger partial charge >= 0.3 is 5.95 Å². The average molecular weight is 251 g/mol. The van der Waals surface area contributed by atoms with Crippen LogP contribution in [0.3, 0.4) is 0 Å². The van der Waals surface area contributed by atoms with Gasteiger partial charge in [-0.25, -0.2) is 4.98 Å². The van der Waals surface area contributed by atoms with Crippen LogP contribution in [0.4, 0.5) is 0 Å². The van der Waals surface area contributed by atoms with Gasteiger partial charge in [0.2, 0.25) is 5.89 Å². The monoisotopic (exact) mass is 251 g/mol. The van der Waals surface area contributed by atoms with Crippen LogP contribution in [-0.2, 0) is 0 Å². The minimum Gasteiger partial charge on any atom is -0.467 e. The van der Waals surface area contributed by atoms with Crippen LogP contribution in [0.25, 0.3) is 22.7 Å². The third-order valence-electron chi connectivity index (χ3n) is 2.85. The summed E-state index contributed by atoms with van der Waals surface area (Å²) in [4.78, 5) is 4.53. The van der Waals surface area contributed by atoms with E-state index in [9.17, 15) is 0 Å². The number of rotatable bonds is 3. The second-order valence-corrected chi connectivity index (χ2v) is 4.09. The molecule has 94 valence electrons. The number of oxazole rings is 1. The Morgan fingerprint density at radius 2 is 1.42 bits per heavy atom. The minimum absolute atomic E-state index is 0.435. The van der Waals surface area contributed by atoms with Gasteiger partial charge in [-0.15, -0.1) is 0 Å². The van der Waals surface area contributed by atoms with Crippen LogP contribution >= 0.6 is 0 Å². The van der Waals surface area contributed by atoms with E-state index in [1.54, 1.807) is 7.11 Å². The molecule has 1 heterocycles. The summed E-state index contributed by atoms with van der Waals surface area (Å²) in [6.07, 6.45) is 0. The van der Waals surface area contributed by atoms with Crippen molar-refractivity contribution in [1.29, 1.82) is 0 Å². The van der Waals surface area contributed by atoms with Gasteiger partial charge in [0.25, 0.3) is 0 Å². The first-order valence-electron chi connectivity index (χ1n) is 6.04. The molecule has 0 atom stereocenters. The van der Waals surface area contributed by atoms with Crippen molar-refractivity contribution in [3.05, 3.63) is 60.7 Å². The lowest BCUT2D eigenvalue weighted by molar-refractivity contribution is 0.310. The Balaban J connectivity index is 2.09. The third-order valence-corrected chi connectivity index (χ3v) is 2.85. The fraction of sp³-hybridized carbons (Fsp3) is 0.0625. The summed E-state index contributed by atoms with van der Waals surface area (Å²) in [5.41, 5.74) is 2.63. The van der Waals surface area contributed by atoms with E-state index in [2.05, 4.69) is 4.98 Å². The Morgan fingerprint density at radius 1 is 0.842 bits per heavy atom. The van der Waals surface area contributed by atoms with E-state index in [0.717, 1.165) is 16.8 Å². The topological polar surface area (TPSA) is 35.3 Å². The van der Waals surface area contributed by atoms with Crippen molar-refractivity contribution < 1.29 is 9.15 Å². The number of benzene rings is 2. The van der Waals surface area contributed by atoms with Gasteiger partial charge in [0.1, 0.15) is 0 Å². The molecule has 0 aliphatic rings. The zero-order valence-corrected chi connectivity index (χ0v) is 10.5. The third kappa shape index (κ3) is 2.22. The van der Waals surface area contributed by atoms with Gasteiger partial charge < -0.3 is 9.15 Å². The summed E-state index contributed by atoms with van der Waals surface area (Å²) in [6.45, 7) is 0. The summed E-state index contributed by atoms with van der Waals surface area (Å²) in [5, 5.41) is 0. The highest BCUT2D eigenvalue weighted by atomic mass is 16.6. The second-order valence-electron chi connectivity index (χ2n) is 4.09. The number of hydrogen-bond donors (Lipinski definition) is 0. The highest BCUT2D eigenvalue weighted by molar-refractivity contribution is 5.67. The van der Waals surface area contributed by atoms with Crippen LogP contribution in [0.2, 0.25) is 0 Å². The fourth-order valence-electron chi connectivity index (χ4n) is 1.93. The van der Waals surface area contributed by atoms with Crippen LogP contribution < -0.4 is 4.74 Å². The predicted molar refractivity (Wildman–Crippen MR) is 73.9 cm³/mol. The van der Waals surface area contributed by atoms with Crippen molar-refractivity contribution in [2.75, 3.05) is 7.11 Å². The molecule has 1 aromatic heterocycles. The summed E-state index contributed by atoms with van der Waals surface area (Å²) in [7, 11) is 1.59. The molecule has 0 spiro atoms. The molecule has 0 fully saturated rings. The van der Waals surface area contributed by atoms with Gasteiger partial charge in [-0.05, 0) is 12.1 Å². The van der Waals surface area contributed by atoms with Crippen molar-refractivity contribution in [3.63, 3.8) is 0 Å². The molecule has 3 rings (SSSR count). The molecule has 3 heteroatoms. The fourth-order valence-corrected chi connectivity index (χ4v) is 1.93. The van der Waals surface area contributed by atoms with Gasteiger partial charge in [-0.1, -0.05) is 48.5 Å². The Morgan fingerprint density at radius 3 is 2.00 bits per heavy atom. The van der Waals surface area contributed by atoms with E-state index in [-0.39, 0.29) is 0 Å². The largest absolute Gasteiger partial charge is 0.467 e. The van der Waals surface area contributed by atoms with Crippen molar-refractivity contribution in [1.82, 2.24) is 4.98 Å². The van der Waals surface area contributed by atoms with E-state index in [1.807, 2.05) is 60.7 Å². The van der Waals surface area contributed by atoms with Gasteiger partial charge in [0, 0.05) is 11.1 Å². The van der Waals surface area contributed by atoms with Crippen molar-refractivity contribution in [2.45, 2.75) is 0 Å². The molecule has 0 saturated heterocycles. The SMILES string of the molecule is COc1oc(-c2ccccc2)nc1-c1ccccc1. The highest BCUT2D eigenvalue weighted by Crippen LogP contribution is 2.33. The van der Waals surface area contributed by atoms with Crippen molar-refractivity contribution in [3.8, 4) is 28.7 Å². The first kappa shape index (κ1) is 11.5. The first-order valence-corrected chi connectivity index (χ1v) is 6.04. The molecule has 0 amide bonds. The maximum atomic E-state index is 5.67. The van der Waals surface area contributed by atoms with Crippen molar-refractivity contribution in [2.24, 2.45) is 0 Å². The molecule has 2 aromatic carbocycles. The number of methoxy groups -OCH3 is 1. The molecule has 19 heavy (non-hydrogen) atoms. The minimum atomic E-state index is 0.435. The van der Waals surface area contributed by atoms with E-state index < -0.39 is 0 Å². The lowest BCUT2D eigenvalue weighted by Gasteiger charge is -1.97. The van der Waals surface area contributed by atoms with Crippen LogP contribution in [0.15, 0.2) is 65.1 Å². The molecule has 0 aliphatic carbocycles. The van der Waals surface area contributed by atoms with E-state index >= 15 is 0 Å². The Kier molecular flexibility index (Phi) is 3.02. The average Bonchev–Trinajstić information content (AvgIpc) is 2.93. The van der Waals surface area contributed by atoms with E-state index in [0.29, 0.717) is 11.8 Å². The zero-order chi connectivity index (χ0) is 13.1. The molecule has 0 saturated carbocycles. The normalized spacial score (nSPS) is 10.4. The van der Waals surface area contributed by atoms with Crippen LogP contribution in [0.1, 0.15) is 0 Å². The first-order chi connectivity index (χ1) is 9.38. The maximum Gasteiger partial charge on any atom is 0.313 e. The molecule has 3 aromatic rings. The molecule has 0 unspecified atom stereocenters. The number of nitrogens with zero attached hydrogens (tertiary/aromatic N) is 1. The van der Waals surface area contributed by atoms with Gasteiger partial charge in [0.15, 0.2) is 5.69 Å². The predicted octanol–water partition coefficient (Wildman–Crippen LogP) is 4.02. The Hall–Kier alpha value is -2.55.